The van der Waals surface area contributed by atoms with Crippen LogP contribution in [0.4, 0.5) is 4.79 Å². The number of carbonyl (C=O) groups excluding carboxylic acids is 1. The Morgan fingerprint density at radius 1 is 1.26 bits per heavy atom. The van der Waals surface area contributed by atoms with Crippen molar-refractivity contribution in [3.8, 4) is 0 Å². The highest BCUT2D eigenvalue weighted by atomic mass is 35.5. The number of hydrogen-bond donors (Lipinski definition) is 1. The monoisotopic (exact) mass is 350 g/mol. The molecule has 0 fully saturated rings. The minimum Gasteiger partial charge on any atom is -0.336 e. The lowest BCUT2D eigenvalue weighted by atomic mass is 10.1. The van der Waals surface area contributed by atoms with Crippen LogP contribution in [0, 0.1) is 0 Å². The van der Waals surface area contributed by atoms with E-state index in [2.05, 4.69) is 24.4 Å². The van der Waals surface area contributed by atoms with E-state index >= 15 is 0 Å². The fraction of sp³-hybridized carbons (Fsp3) is 0.389. The molecule has 1 atom stereocenters. The number of urea groups is 1. The molecule has 0 radical (unpaired) electrons. The summed E-state index contributed by atoms with van der Waals surface area (Å²) in [6.45, 7) is 5.32. The average Bonchev–Trinajstić information content (AvgIpc) is 2.96. The molecule has 0 aliphatic rings. The normalized spacial score (nSPS) is 12.0. The predicted molar refractivity (Wildman–Crippen MR) is 98.2 cm³/mol. The second-order valence-corrected chi connectivity index (χ2v) is 7.39. The Hall–Kier alpha value is -1.52. The highest BCUT2D eigenvalue weighted by molar-refractivity contribution is 7.16. The first-order valence-corrected chi connectivity index (χ1v) is 9.11. The molecule has 0 bridgehead atoms. The van der Waals surface area contributed by atoms with E-state index in [1.54, 1.807) is 4.90 Å². The maximum Gasteiger partial charge on any atom is 0.317 e. The first kappa shape index (κ1) is 17.8. The largest absolute Gasteiger partial charge is 0.336 e. The van der Waals surface area contributed by atoms with Crippen LogP contribution in [0.25, 0.3) is 0 Å². The predicted octanol–water partition coefficient (Wildman–Crippen LogP) is 4.95. The molecule has 1 N–H and O–H groups in total. The van der Waals surface area contributed by atoms with Gasteiger partial charge in [0.15, 0.2) is 0 Å². The number of benzene rings is 1. The van der Waals surface area contributed by atoms with Gasteiger partial charge >= 0.3 is 6.03 Å². The number of halogens is 1. The summed E-state index contributed by atoms with van der Waals surface area (Å²) < 4.78 is 0.757. The van der Waals surface area contributed by atoms with Gasteiger partial charge in [-0.3, -0.25) is 0 Å². The molecule has 0 saturated heterocycles. The van der Waals surface area contributed by atoms with E-state index in [4.69, 9.17) is 11.6 Å². The second kappa shape index (κ2) is 8.94. The quantitative estimate of drug-likeness (QED) is 0.752. The van der Waals surface area contributed by atoms with E-state index in [0.717, 1.165) is 22.1 Å². The summed E-state index contributed by atoms with van der Waals surface area (Å²) in [6, 6.07) is 14.3. The van der Waals surface area contributed by atoms with Crippen LogP contribution in [0.1, 0.15) is 30.7 Å². The summed E-state index contributed by atoms with van der Waals surface area (Å²) in [5.74, 6) is 0. The van der Waals surface area contributed by atoms with Crippen molar-refractivity contribution in [1.29, 1.82) is 0 Å². The summed E-state index contributed by atoms with van der Waals surface area (Å²) in [4.78, 5) is 15.3. The summed E-state index contributed by atoms with van der Waals surface area (Å²) >= 11 is 7.47. The molecule has 124 valence electrons. The van der Waals surface area contributed by atoms with Gasteiger partial charge < -0.3 is 10.2 Å². The van der Waals surface area contributed by atoms with Crippen molar-refractivity contribution in [3.05, 3.63) is 57.2 Å². The zero-order chi connectivity index (χ0) is 16.7. The third-order valence-electron chi connectivity index (χ3n) is 3.72. The smallest absolute Gasteiger partial charge is 0.317 e. The number of nitrogens with zero attached hydrogens (tertiary/aromatic N) is 1. The van der Waals surface area contributed by atoms with Crippen molar-refractivity contribution in [3.63, 3.8) is 0 Å². The highest BCUT2D eigenvalue weighted by Crippen LogP contribution is 2.22. The lowest BCUT2D eigenvalue weighted by molar-refractivity contribution is 0.194. The summed E-state index contributed by atoms with van der Waals surface area (Å²) in [7, 11) is 0. The molecule has 0 saturated carbocycles. The van der Waals surface area contributed by atoms with Gasteiger partial charge in [0.05, 0.1) is 10.9 Å². The molecule has 2 rings (SSSR count). The Balaban J connectivity index is 1.81. The maximum atomic E-state index is 12.4. The summed E-state index contributed by atoms with van der Waals surface area (Å²) in [5, 5.41) is 3.09. The minimum absolute atomic E-state index is 0.0161. The van der Waals surface area contributed by atoms with E-state index in [1.807, 2.05) is 37.3 Å². The van der Waals surface area contributed by atoms with Gasteiger partial charge in [0.1, 0.15) is 0 Å². The Morgan fingerprint density at radius 2 is 2.00 bits per heavy atom. The molecule has 0 spiro atoms. The molecule has 0 aliphatic carbocycles. The Labute approximate surface area is 147 Å². The zero-order valence-corrected chi connectivity index (χ0v) is 15.2. The molecule has 1 aromatic carbocycles. The molecule has 3 nitrogen and oxygen atoms in total. The topological polar surface area (TPSA) is 32.3 Å². The van der Waals surface area contributed by atoms with Crippen LogP contribution in [-0.2, 0) is 13.0 Å². The molecule has 5 heteroatoms. The molecule has 1 aromatic heterocycles. The fourth-order valence-corrected chi connectivity index (χ4v) is 3.46. The number of amides is 2. The lowest BCUT2D eigenvalue weighted by Crippen LogP contribution is -2.43. The molecular weight excluding hydrogens is 328 g/mol. The molecular formula is C18H23ClN2OS. The summed E-state index contributed by atoms with van der Waals surface area (Å²) in [5.41, 5.74) is 1.30. The Bertz CT molecular complexity index is 614. The van der Waals surface area contributed by atoms with Crippen molar-refractivity contribution in [2.75, 3.05) is 6.54 Å². The van der Waals surface area contributed by atoms with E-state index in [-0.39, 0.29) is 12.1 Å². The first-order chi connectivity index (χ1) is 11.1. The average molecular weight is 351 g/mol. The van der Waals surface area contributed by atoms with Gasteiger partial charge in [-0.1, -0.05) is 41.9 Å². The number of carbonyl (C=O) groups is 1. The number of rotatable bonds is 7. The maximum absolute atomic E-state index is 12.4. The van der Waals surface area contributed by atoms with Gasteiger partial charge in [-0.05, 0) is 44.4 Å². The second-order valence-electron chi connectivity index (χ2n) is 5.59. The Morgan fingerprint density at radius 3 is 2.61 bits per heavy atom. The van der Waals surface area contributed by atoms with Gasteiger partial charge in [0.25, 0.3) is 0 Å². The van der Waals surface area contributed by atoms with E-state index < -0.39 is 0 Å². The molecule has 0 aliphatic heterocycles. The minimum atomic E-state index is -0.0161. The van der Waals surface area contributed by atoms with Crippen LogP contribution < -0.4 is 5.32 Å². The molecule has 23 heavy (non-hydrogen) atoms. The number of hydrogen-bond acceptors (Lipinski definition) is 2. The molecule has 1 heterocycles. The SMILES string of the molecule is CCN(Cc1ccc(Cl)s1)C(=O)NC(C)CCc1ccccc1. The summed E-state index contributed by atoms with van der Waals surface area (Å²) in [6.07, 6.45) is 1.90. The van der Waals surface area contributed by atoms with Gasteiger partial charge in [-0.2, -0.15) is 0 Å². The fourth-order valence-electron chi connectivity index (χ4n) is 2.35. The Kier molecular flexibility index (Phi) is 6.93. The van der Waals surface area contributed by atoms with Crippen molar-refractivity contribution < 1.29 is 4.79 Å². The van der Waals surface area contributed by atoms with Crippen LogP contribution in [0.5, 0.6) is 0 Å². The van der Waals surface area contributed by atoms with Crippen LogP contribution >= 0.6 is 22.9 Å². The molecule has 2 aromatic rings. The third kappa shape index (κ3) is 5.88. The van der Waals surface area contributed by atoms with Gasteiger partial charge in [-0.15, -0.1) is 11.3 Å². The van der Waals surface area contributed by atoms with E-state index in [9.17, 15) is 4.79 Å². The van der Waals surface area contributed by atoms with Gasteiger partial charge in [-0.25, -0.2) is 4.79 Å². The highest BCUT2D eigenvalue weighted by Gasteiger charge is 2.15. The van der Waals surface area contributed by atoms with Crippen LogP contribution in [0.15, 0.2) is 42.5 Å². The number of aryl methyl sites for hydroxylation is 1. The van der Waals surface area contributed by atoms with Crippen LogP contribution in [0.3, 0.4) is 0 Å². The third-order valence-corrected chi connectivity index (χ3v) is 4.94. The van der Waals surface area contributed by atoms with Gasteiger partial charge in [0, 0.05) is 17.5 Å². The standard InChI is InChI=1S/C18H23ClN2OS/c1-3-21(13-16-11-12-17(19)23-16)18(22)20-14(2)9-10-15-7-5-4-6-8-15/h4-8,11-12,14H,3,9-10,13H2,1-2H3,(H,20,22). The number of nitrogens with one attached hydrogen (secondary N) is 1. The van der Waals surface area contributed by atoms with Crippen LogP contribution in [-0.4, -0.2) is 23.5 Å². The first-order valence-electron chi connectivity index (χ1n) is 7.92. The van der Waals surface area contributed by atoms with Crippen molar-refractivity contribution in [1.82, 2.24) is 10.2 Å². The van der Waals surface area contributed by atoms with Crippen molar-refractivity contribution in [2.45, 2.75) is 39.3 Å². The van der Waals surface area contributed by atoms with Crippen molar-refractivity contribution in [2.24, 2.45) is 0 Å². The van der Waals surface area contributed by atoms with Crippen molar-refractivity contribution >= 4 is 29.0 Å². The molecule has 2 amide bonds. The van der Waals surface area contributed by atoms with Crippen LogP contribution in [0.2, 0.25) is 4.34 Å². The lowest BCUT2D eigenvalue weighted by Gasteiger charge is -2.23. The van der Waals surface area contributed by atoms with Gasteiger partial charge in [0.2, 0.25) is 0 Å². The van der Waals surface area contributed by atoms with E-state index in [0.29, 0.717) is 13.1 Å². The number of thiophene rings is 1. The van der Waals surface area contributed by atoms with E-state index in [1.165, 1.54) is 16.9 Å². The zero-order valence-electron chi connectivity index (χ0n) is 13.6. The molecule has 1 unspecified atom stereocenters.